The molecule has 0 aliphatic rings. The van der Waals surface area contributed by atoms with Gasteiger partial charge in [0.2, 0.25) is 5.91 Å². The number of amides is 2. The first-order chi connectivity index (χ1) is 15.1. The minimum atomic E-state index is -0.529. The summed E-state index contributed by atoms with van der Waals surface area (Å²) in [5.41, 5.74) is 2.82. The smallest absolute Gasteiger partial charge is 0.339 e. The van der Waals surface area contributed by atoms with E-state index >= 15 is 0 Å². The Bertz CT molecular complexity index is 1050. The Hall–Kier alpha value is -3.58. The summed E-state index contributed by atoms with van der Waals surface area (Å²) in [5, 5.41) is 5.54. The van der Waals surface area contributed by atoms with Crippen LogP contribution in [0.15, 0.2) is 78.9 Å². The third-order valence-corrected chi connectivity index (χ3v) is 5.36. The normalized spacial score (nSPS) is 10.2. The molecule has 3 rings (SSSR count). The Morgan fingerprint density at radius 1 is 0.839 bits per heavy atom. The fourth-order valence-corrected chi connectivity index (χ4v) is 3.60. The van der Waals surface area contributed by atoms with Crippen molar-refractivity contribution in [2.45, 2.75) is 5.75 Å². The number of benzene rings is 3. The maximum Gasteiger partial charge on any atom is 0.339 e. The number of para-hydroxylation sites is 1. The van der Waals surface area contributed by atoms with Crippen LogP contribution in [0, 0.1) is 0 Å². The lowest BCUT2D eigenvalue weighted by atomic mass is 10.1. The van der Waals surface area contributed by atoms with Gasteiger partial charge >= 0.3 is 5.97 Å². The van der Waals surface area contributed by atoms with Crippen molar-refractivity contribution in [1.29, 1.82) is 0 Å². The molecule has 0 aromatic heterocycles. The zero-order valence-corrected chi connectivity index (χ0v) is 17.8. The zero-order valence-electron chi connectivity index (χ0n) is 17.0. The molecule has 0 heterocycles. The number of hydrogen-bond acceptors (Lipinski definition) is 5. The van der Waals surface area contributed by atoms with Crippen molar-refractivity contribution in [3.8, 4) is 0 Å². The molecule has 6 nitrogen and oxygen atoms in total. The third-order valence-electron chi connectivity index (χ3n) is 4.36. The van der Waals surface area contributed by atoms with Gasteiger partial charge in [0, 0.05) is 17.0 Å². The number of carbonyl (C=O) groups excluding carboxylic acids is 3. The quantitative estimate of drug-likeness (QED) is 0.506. The van der Waals surface area contributed by atoms with Gasteiger partial charge in [0.15, 0.2) is 0 Å². The number of anilines is 2. The molecule has 0 atom stereocenters. The van der Waals surface area contributed by atoms with Gasteiger partial charge in [-0.3, -0.25) is 9.59 Å². The van der Waals surface area contributed by atoms with Gasteiger partial charge in [-0.1, -0.05) is 42.5 Å². The van der Waals surface area contributed by atoms with Crippen molar-refractivity contribution in [1.82, 2.24) is 0 Å². The molecule has 0 saturated heterocycles. The molecule has 3 aromatic rings. The molecule has 0 spiro atoms. The first kappa shape index (κ1) is 22.1. The van der Waals surface area contributed by atoms with E-state index in [1.165, 1.54) is 24.4 Å². The highest BCUT2D eigenvalue weighted by Gasteiger charge is 2.14. The zero-order chi connectivity index (χ0) is 22.1. The van der Waals surface area contributed by atoms with E-state index in [0.717, 1.165) is 5.75 Å². The summed E-state index contributed by atoms with van der Waals surface area (Å²) in [7, 11) is 1.29. The van der Waals surface area contributed by atoms with Gasteiger partial charge in [-0.25, -0.2) is 4.79 Å². The minimum Gasteiger partial charge on any atom is -0.465 e. The van der Waals surface area contributed by atoms with E-state index in [9.17, 15) is 14.4 Å². The molecule has 0 bridgehead atoms. The summed E-state index contributed by atoms with van der Waals surface area (Å²) in [6.45, 7) is 0. The van der Waals surface area contributed by atoms with Crippen LogP contribution in [0.25, 0.3) is 0 Å². The van der Waals surface area contributed by atoms with Crippen LogP contribution >= 0.6 is 11.8 Å². The Morgan fingerprint density at radius 3 is 2.23 bits per heavy atom. The lowest BCUT2D eigenvalue weighted by Crippen LogP contribution is -2.16. The van der Waals surface area contributed by atoms with Crippen LogP contribution in [-0.4, -0.2) is 30.6 Å². The van der Waals surface area contributed by atoms with Crippen LogP contribution in [0.1, 0.15) is 26.3 Å². The number of ether oxygens (including phenoxy) is 1. The summed E-state index contributed by atoms with van der Waals surface area (Å²) in [6, 6.07) is 23.1. The Morgan fingerprint density at radius 2 is 1.52 bits per heavy atom. The molecule has 7 heteroatoms. The van der Waals surface area contributed by atoms with Crippen molar-refractivity contribution < 1.29 is 19.1 Å². The first-order valence-electron chi connectivity index (χ1n) is 9.57. The molecule has 0 saturated carbocycles. The fraction of sp³-hybridized carbons (Fsp3) is 0.125. The maximum absolute atomic E-state index is 12.5. The number of hydrogen-bond donors (Lipinski definition) is 2. The van der Waals surface area contributed by atoms with Gasteiger partial charge in [0.05, 0.1) is 24.1 Å². The van der Waals surface area contributed by atoms with Crippen molar-refractivity contribution in [2.75, 3.05) is 23.5 Å². The largest absolute Gasteiger partial charge is 0.465 e. The molecule has 2 N–H and O–H groups in total. The highest BCUT2D eigenvalue weighted by molar-refractivity contribution is 7.99. The summed E-state index contributed by atoms with van der Waals surface area (Å²) >= 11 is 1.53. The monoisotopic (exact) mass is 434 g/mol. The van der Waals surface area contributed by atoms with Crippen LogP contribution in [-0.2, 0) is 15.3 Å². The third kappa shape index (κ3) is 6.45. The second-order valence-electron chi connectivity index (χ2n) is 6.60. The van der Waals surface area contributed by atoms with Crippen LogP contribution in [0.2, 0.25) is 0 Å². The van der Waals surface area contributed by atoms with Crippen molar-refractivity contribution in [3.63, 3.8) is 0 Å². The molecule has 0 aliphatic heterocycles. The fourth-order valence-electron chi connectivity index (χ4n) is 2.81. The van der Waals surface area contributed by atoms with E-state index in [0.29, 0.717) is 22.7 Å². The number of rotatable bonds is 8. The second kappa shape index (κ2) is 11.0. The molecule has 0 unspecified atom stereocenters. The summed E-state index contributed by atoms with van der Waals surface area (Å²) in [6.07, 6.45) is 0. The Kier molecular flexibility index (Phi) is 7.84. The number of methoxy groups -OCH3 is 1. The lowest BCUT2D eigenvalue weighted by molar-refractivity contribution is -0.113. The highest BCUT2D eigenvalue weighted by Crippen LogP contribution is 2.18. The average Bonchev–Trinajstić information content (AvgIpc) is 2.80. The molecular formula is C24H22N2O4S. The Balaban J connectivity index is 1.53. The molecule has 0 radical (unpaired) electrons. The maximum atomic E-state index is 12.5. The van der Waals surface area contributed by atoms with Crippen LogP contribution < -0.4 is 10.6 Å². The van der Waals surface area contributed by atoms with Gasteiger partial charge in [0.25, 0.3) is 5.91 Å². The molecule has 0 aliphatic carbocycles. The number of thioether (sulfide) groups is 1. The van der Waals surface area contributed by atoms with Gasteiger partial charge in [0.1, 0.15) is 0 Å². The van der Waals surface area contributed by atoms with Crippen molar-refractivity contribution in [2.24, 2.45) is 0 Å². The standard InChI is InChI=1S/C24H22N2O4S/c1-30-24(29)20-9-5-6-10-21(20)26-23(28)18-11-13-19(14-12-18)25-22(27)16-31-15-17-7-3-2-4-8-17/h2-14H,15-16H2,1H3,(H,25,27)(H,26,28). The lowest BCUT2D eigenvalue weighted by Gasteiger charge is -2.10. The average molecular weight is 435 g/mol. The number of nitrogens with one attached hydrogen (secondary N) is 2. The summed E-state index contributed by atoms with van der Waals surface area (Å²) < 4.78 is 4.74. The van der Waals surface area contributed by atoms with Crippen molar-refractivity contribution >= 4 is 40.9 Å². The SMILES string of the molecule is COC(=O)c1ccccc1NC(=O)c1ccc(NC(=O)CSCc2ccccc2)cc1. The first-order valence-corrected chi connectivity index (χ1v) is 10.7. The Labute approximate surface area is 185 Å². The van der Waals surface area contributed by atoms with Gasteiger partial charge in [-0.2, -0.15) is 0 Å². The molecule has 3 aromatic carbocycles. The van der Waals surface area contributed by atoms with Crippen molar-refractivity contribution in [3.05, 3.63) is 95.6 Å². The summed E-state index contributed by atoms with van der Waals surface area (Å²) in [5.74, 6) is 0.0962. The van der Waals surface area contributed by atoms with E-state index < -0.39 is 5.97 Å². The second-order valence-corrected chi connectivity index (χ2v) is 7.58. The van der Waals surface area contributed by atoms with Gasteiger partial charge in [-0.15, -0.1) is 11.8 Å². The van der Waals surface area contributed by atoms with E-state index in [4.69, 9.17) is 4.74 Å². The van der Waals surface area contributed by atoms with E-state index in [1.807, 2.05) is 30.3 Å². The predicted molar refractivity (Wildman–Crippen MR) is 123 cm³/mol. The molecule has 0 fully saturated rings. The predicted octanol–water partition coefficient (Wildman–Crippen LogP) is 4.60. The molecule has 158 valence electrons. The van der Waals surface area contributed by atoms with E-state index in [1.54, 1.807) is 48.5 Å². The minimum absolute atomic E-state index is 0.106. The molecule has 2 amide bonds. The number of esters is 1. The van der Waals surface area contributed by atoms with E-state index in [2.05, 4.69) is 10.6 Å². The van der Waals surface area contributed by atoms with Gasteiger partial charge < -0.3 is 15.4 Å². The van der Waals surface area contributed by atoms with Crippen LogP contribution in [0.5, 0.6) is 0 Å². The van der Waals surface area contributed by atoms with Gasteiger partial charge in [-0.05, 0) is 42.0 Å². The van der Waals surface area contributed by atoms with Crippen LogP contribution in [0.3, 0.4) is 0 Å². The van der Waals surface area contributed by atoms with E-state index in [-0.39, 0.29) is 17.4 Å². The topological polar surface area (TPSA) is 84.5 Å². The molecule has 31 heavy (non-hydrogen) atoms. The number of carbonyl (C=O) groups is 3. The highest BCUT2D eigenvalue weighted by atomic mass is 32.2. The van der Waals surface area contributed by atoms with Crippen LogP contribution in [0.4, 0.5) is 11.4 Å². The summed E-state index contributed by atoms with van der Waals surface area (Å²) in [4.78, 5) is 36.5. The molecular weight excluding hydrogens is 412 g/mol.